The Morgan fingerprint density at radius 2 is 1.25 bits per heavy atom. The molecular formula is C36H33N5O3. The zero-order chi connectivity index (χ0) is 30.1. The van der Waals surface area contributed by atoms with Crippen LogP contribution in [0.5, 0.6) is 5.75 Å². The van der Waals surface area contributed by atoms with E-state index in [-0.39, 0.29) is 5.91 Å². The van der Waals surface area contributed by atoms with Gasteiger partial charge in [-0.05, 0) is 53.6 Å². The fourth-order valence-electron chi connectivity index (χ4n) is 5.25. The van der Waals surface area contributed by atoms with Gasteiger partial charge in [0.2, 0.25) is 0 Å². The molecule has 8 nitrogen and oxygen atoms in total. The molecule has 220 valence electrons. The predicted molar refractivity (Wildman–Crippen MR) is 173 cm³/mol. The van der Waals surface area contributed by atoms with Gasteiger partial charge < -0.3 is 25.2 Å². The van der Waals surface area contributed by atoms with Gasteiger partial charge in [0.15, 0.2) is 0 Å². The van der Waals surface area contributed by atoms with Gasteiger partial charge in [0.1, 0.15) is 17.7 Å². The van der Waals surface area contributed by atoms with E-state index in [0.717, 1.165) is 16.9 Å². The molecule has 1 saturated heterocycles. The van der Waals surface area contributed by atoms with Crippen molar-refractivity contribution in [1.29, 1.82) is 0 Å². The molecule has 2 heterocycles. The Kier molecular flexibility index (Phi) is 8.78. The van der Waals surface area contributed by atoms with Crippen LogP contribution >= 0.6 is 0 Å². The van der Waals surface area contributed by atoms with Crippen molar-refractivity contribution in [3.05, 3.63) is 150 Å². The number of ether oxygens (including phenoxy) is 1. The molecule has 5 aromatic rings. The van der Waals surface area contributed by atoms with E-state index in [1.807, 2.05) is 114 Å². The second kappa shape index (κ2) is 13.6. The molecule has 0 saturated carbocycles. The number of hydrogen-bond donors (Lipinski definition) is 2. The monoisotopic (exact) mass is 583 g/mol. The SMILES string of the molecule is O=C(Nc1ccccc1)Nc1ccc(OC(c2ccccc2)c2ccccc2)c(C(=O)N2CCN(c3ccccn3)CC2)c1. The van der Waals surface area contributed by atoms with Crippen molar-refractivity contribution < 1.29 is 14.3 Å². The Morgan fingerprint density at radius 3 is 1.86 bits per heavy atom. The lowest BCUT2D eigenvalue weighted by Crippen LogP contribution is -2.49. The molecule has 8 heteroatoms. The fraction of sp³-hybridized carbons (Fsp3) is 0.139. The summed E-state index contributed by atoms with van der Waals surface area (Å²) in [5, 5.41) is 5.69. The van der Waals surface area contributed by atoms with Crippen molar-refractivity contribution in [2.75, 3.05) is 41.7 Å². The number of carbonyl (C=O) groups is 2. The minimum absolute atomic E-state index is 0.160. The number of amides is 3. The average Bonchev–Trinajstić information content (AvgIpc) is 3.09. The van der Waals surface area contributed by atoms with E-state index in [4.69, 9.17) is 4.74 Å². The first kappa shape index (κ1) is 28.5. The molecule has 1 fully saturated rings. The summed E-state index contributed by atoms with van der Waals surface area (Å²) >= 11 is 0. The zero-order valence-corrected chi connectivity index (χ0v) is 24.2. The molecule has 0 spiro atoms. The first-order valence-corrected chi connectivity index (χ1v) is 14.6. The summed E-state index contributed by atoms with van der Waals surface area (Å²) in [7, 11) is 0. The van der Waals surface area contributed by atoms with Gasteiger partial charge in [-0.2, -0.15) is 0 Å². The summed E-state index contributed by atoms with van der Waals surface area (Å²) < 4.78 is 6.68. The fourth-order valence-corrected chi connectivity index (χ4v) is 5.25. The number of hydrogen-bond acceptors (Lipinski definition) is 5. The Hall–Kier alpha value is -5.63. The maximum absolute atomic E-state index is 14.1. The van der Waals surface area contributed by atoms with Crippen LogP contribution in [0.15, 0.2) is 134 Å². The molecule has 6 rings (SSSR count). The Balaban J connectivity index is 1.28. The molecule has 3 amide bonds. The third kappa shape index (κ3) is 6.87. The number of urea groups is 1. The van der Waals surface area contributed by atoms with Crippen molar-refractivity contribution in [3.8, 4) is 5.75 Å². The van der Waals surface area contributed by atoms with Crippen LogP contribution in [0, 0.1) is 0 Å². The number of carbonyl (C=O) groups excluding carboxylic acids is 2. The molecule has 1 aliphatic rings. The minimum Gasteiger partial charge on any atom is -0.480 e. The molecule has 0 unspecified atom stereocenters. The van der Waals surface area contributed by atoms with Gasteiger partial charge in [0, 0.05) is 43.8 Å². The van der Waals surface area contributed by atoms with Gasteiger partial charge in [-0.15, -0.1) is 0 Å². The van der Waals surface area contributed by atoms with Crippen LogP contribution in [0.2, 0.25) is 0 Å². The third-order valence-electron chi connectivity index (χ3n) is 7.49. The number of benzene rings is 4. The highest BCUT2D eigenvalue weighted by Crippen LogP contribution is 2.33. The van der Waals surface area contributed by atoms with Crippen molar-refractivity contribution in [3.63, 3.8) is 0 Å². The maximum atomic E-state index is 14.1. The quantitative estimate of drug-likeness (QED) is 0.209. The van der Waals surface area contributed by atoms with Gasteiger partial charge >= 0.3 is 6.03 Å². The van der Waals surface area contributed by atoms with Crippen molar-refractivity contribution >= 4 is 29.1 Å². The van der Waals surface area contributed by atoms with Crippen molar-refractivity contribution in [1.82, 2.24) is 9.88 Å². The second-order valence-corrected chi connectivity index (χ2v) is 10.4. The molecule has 1 aliphatic heterocycles. The largest absolute Gasteiger partial charge is 0.480 e. The summed E-state index contributed by atoms with van der Waals surface area (Å²) in [6.45, 7) is 2.38. The molecule has 1 aromatic heterocycles. The van der Waals surface area contributed by atoms with Crippen LogP contribution in [0.25, 0.3) is 0 Å². The Bertz CT molecular complexity index is 1640. The van der Waals surface area contributed by atoms with E-state index >= 15 is 0 Å². The number of anilines is 3. The Morgan fingerprint density at radius 1 is 0.659 bits per heavy atom. The maximum Gasteiger partial charge on any atom is 0.323 e. The number of para-hydroxylation sites is 1. The second-order valence-electron chi connectivity index (χ2n) is 10.4. The number of aromatic nitrogens is 1. The van der Waals surface area contributed by atoms with Gasteiger partial charge in [-0.1, -0.05) is 84.9 Å². The highest BCUT2D eigenvalue weighted by atomic mass is 16.5. The van der Waals surface area contributed by atoms with Crippen LogP contribution in [-0.4, -0.2) is 48.0 Å². The van der Waals surface area contributed by atoms with Crippen LogP contribution in [0.4, 0.5) is 22.0 Å². The lowest BCUT2D eigenvalue weighted by Gasteiger charge is -2.35. The molecular weight excluding hydrogens is 550 g/mol. The first-order chi connectivity index (χ1) is 21.6. The first-order valence-electron chi connectivity index (χ1n) is 14.6. The number of piperazine rings is 1. The van der Waals surface area contributed by atoms with Gasteiger partial charge in [0.25, 0.3) is 5.91 Å². The molecule has 2 N–H and O–H groups in total. The third-order valence-corrected chi connectivity index (χ3v) is 7.49. The zero-order valence-electron chi connectivity index (χ0n) is 24.2. The molecule has 0 atom stereocenters. The highest BCUT2D eigenvalue weighted by molar-refractivity contribution is 6.02. The molecule has 0 radical (unpaired) electrons. The van der Waals surface area contributed by atoms with Crippen molar-refractivity contribution in [2.45, 2.75) is 6.10 Å². The van der Waals surface area contributed by atoms with E-state index in [1.165, 1.54) is 0 Å². The van der Waals surface area contributed by atoms with Gasteiger partial charge in [-0.3, -0.25) is 4.79 Å². The van der Waals surface area contributed by atoms with Crippen LogP contribution in [0.1, 0.15) is 27.6 Å². The van der Waals surface area contributed by atoms with E-state index < -0.39 is 12.1 Å². The van der Waals surface area contributed by atoms with E-state index in [2.05, 4.69) is 20.5 Å². The molecule has 44 heavy (non-hydrogen) atoms. The van der Waals surface area contributed by atoms with E-state index in [0.29, 0.717) is 48.9 Å². The lowest BCUT2D eigenvalue weighted by molar-refractivity contribution is 0.0740. The smallest absolute Gasteiger partial charge is 0.323 e. The summed E-state index contributed by atoms with van der Waals surface area (Å²) in [4.78, 5) is 35.4. The minimum atomic E-state index is -0.440. The van der Waals surface area contributed by atoms with Crippen LogP contribution in [0.3, 0.4) is 0 Å². The summed E-state index contributed by atoms with van der Waals surface area (Å²) in [5.41, 5.74) is 3.46. The molecule has 0 aliphatic carbocycles. The summed E-state index contributed by atoms with van der Waals surface area (Å²) in [6, 6.07) is 39.7. The lowest BCUT2D eigenvalue weighted by atomic mass is 10.0. The van der Waals surface area contributed by atoms with E-state index in [9.17, 15) is 9.59 Å². The van der Waals surface area contributed by atoms with Crippen LogP contribution < -0.4 is 20.3 Å². The Labute approximate surface area is 256 Å². The predicted octanol–water partition coefficient (Wildman–Crippen LogP) is 6.86. The average molecular weight is 584 g/mol. The number of nitrogens with zero attached hydrogens (tertiary/aromatic N) is 3. The summed E-state index contributed by atoms with van der Waals surface area (Å²) in [5.74, 6) is 1.18. The number of nitrogens with one attached hydrogen (secondary N) is 2. The number of pyridine rings is 1. The van der Waals surface area contributed by atoms with E-state index in [1.54, 1.807) is 24.4 Å². The molecule has 4 aromatic carbocycles. The number of rotatable bonds is 8. The molecule has 0 bridgehead atoms. The standard InChI is InChI=1S/C36H33N5O3/c42-35(41-24-22-40(23-25-41)33-18-10-11-21-37-33)31-26-30(39-36(43)38-29-16-8-3-9-17-29)19-20-32(31)44-34(27-12-4-1-5-13-27)28-14-6-2-7-15-28/h1-21,26,34H,22-25H2,(H2,38,39,43). The highest BCUT2D eigenvalue weighted by Gasteiger charge is 2.27. The van der Waals surface area contributed by atoms with Crippen LogP contribution in [-0.2, 0) is 0 Å². The normalized spacial score (nSPS) is 12.9. The van der Waals surface area contributed by atoms with Gasteiger partial charge in [0.05, 0.1) is 5.56 Å². The summed E-state index contributed by atoms with van der Waals surface area (Å²) in [6.07, 6.45) is 1.34. The topological polar surface area (TPSA) is 86.8 Å². The van der Waals surface area contributed by atoms with Gasteiger partial charge in [-0.25, -0.2) is 9.78 Å². The van der Waals surface area contributed by atoms with Crippen molar-refractivity contribution in [2.24, 2.45) is 0 Å².